The number of ether oxygens (including phenoxy) is 2. The van der Waals surface area contributed by atoms with Crippen LogP contribution in [0.5, 0.6) is 0 Å². The van der Waals surface area contributed by atoms with Crippen molar-refractivity contribution in [2.24, 2.45) is 0 Å². The third kappa shape index (κ3) is 7.29. The Hall–Kier alpha value is -2.76. The highest BCUT2D eigenvalue weighted by Gasteiger charge is 2.25. The van der Waals surface area contributed by atoms with Gasteiger partial charge in [-0.25, -0.2) is 4.79 Å². The molecule has 158 valence electrons. The second kappa shape index (κ2) is 8.72. The van der Waals surface area contributed by atoms with Crippen LogP contribution in [0.15, 0.2) is 36.4 Å². The van der Waals surface area contributed by atoms with Gasteiger partial charge in [0.15, 0.2) is 0 Å². The lowest BCUT2D eigenvalue weighted by atomic mass is 9.96. The first kappa shape index (κ1) is 22.5. The molecule has 0 radical (unpaired) electrons. The molecule has 0 aromatic heterocycles. The van der Waals surface area contributed by atoms with Gasteiger partial charge in [-0.2, -0.15) is 0 Å². The molecule has 0 unspecified atom stereocenters. The molecule has 2 aromatic carbocycles. The molecule has 0 aliphatic heterocycles. The Morgan fingerprint density at radius 1 is 0.931 bits per heavy atom. The van der Waals surface area contributed by atoms with Crippen LogP contribution in [0.4, 0.5) is 10.5 Å². The van der Waals surface area contributed by atoms with Crippen LogP contribution in [0.25, 0.3) is 10.8 Å². The van der Waals surface area contributed by atoms with Crippen LogP contribution >= 0.6 is 0 Å². The first-order chi connectivity index (χ1) is 13.3. The van der Waals surface area contributed by atoms with E-state index < -0.39 is 23.3 Å². The minimum atomic E-state index is -0.631. The smallest absolute Gasteiger partial charge is 0.407 e. The fourth-order valence-electron chi connectivity index (χ4n) is 3.08. The first-order valence-electron chi connectivity index (χ1n) is 9.81. The van der Waals surface area contributed by atoms with Gasteiger partial charge in [0, 0.05) is 17.1 Å². The van der Waals surface area contributed by atoms with Crippen LogP contribution in [0.1, 0.15) is 53.5 Å². The summed E-state index contributed by atoms with van der Waals surface area (Å²) >= 11 is 0. The second-order valence-corrected chi connectivity index (χ2v) is 9.20. The maximum absolute atomic E-state index is 12.4. The third-order valence-electron chi connectivity index (χ3n) is 4.07. The maximum atomic E-state index is 12.4. The van der Waals surface area contributed by atoms with Gasteiger partial charge in [0.25, 0.3) is 0 Å². The lowest BCUT2D eigenvalue weighted by Gasteiger charge is -2.25. The van der Waals surface area contributed by atoms with Gasteiger partial charge >= 0.3 is 12.1 Å². The highest BCUT2D eigenvalue weighted by atomic mass is 16.6. The number of carbonyl (C=O) groups excluding carboxylic acids is 2. The van der Waals surface area contributed by atoms with E-state index >= 15 is 0 Å². The zero-order chi connectivity index (χ0) is 21.8. The normalized spacial score (nSPS) is 13.0. The topological polar surface area (TPSA) is 90.6 Å². The summed E-state index contributed by atoms with van der Waals surface area (Å²) in [4.78, 5) is 24.7. The number of hydrogen-bond acceptors (Lipinski definition) is 5. The third-order valence-corrected chi connectivity index (χ3v) is 4.07. The molecular formula is C23H32N2O4. The van der Waals surface area contributed by atoms with Gasteiger partial charge in [0.1, 0.15) is 11.2 Å². The molecule has 0 bridgehead atoms. The van der Waals surface area contributed by atoms with Crippen LogP contribution in [0, 0.1) is 0 Å². The molecule has 0 saturated heterocycles. The second-order valence-electron chi connectivity index (χ2n) is 9.20. The van der Waals surface area contributed by atoms with Crippen LogP contribution in [-0.4, -0.2) is 29.3 Å². The van der Waals surface area contributed by atoms with Crippen LogP contribution in [0.2, 0.25) is 0 Å². The van der Waals surface area contributed by atoms with Gasteiger partial charge in [-0.05, 0) is 65.0 Å². The summed E-state index contributed by atoms with van der Waals surface area (Å²) in [6.07, 6.45) is -0.0834. The van der Waals surface area contributed by atoms with Gasteiger partial charge in [-0.1, -0.05) is 30.3 Å². The number of hydrogen-bond donors (Lipinski definition) is 2. The Kier molecular flexibility index (Phi) is 6.77. The van der Waals surface area contributed by atoms with Gasteiger partial charge < -0.3 is 20.5 Å². The van der Waals surface area contributed by atoms with E-state index in [9.17, 15) is 9.59 Å². The number of nitrogen functional groups attached to an aromatic ring is 1. The van der Waals surface area contributed by atoms with E-state index in [1.165, 1.54) is 0 Å². The quantitative estimate of drug-likeness (QED) is 0.566. The summed E-state index contributed by atoms with van der Waals surface area (Å²) in [5.74, 6) is -0.377. The van der Waals surface area contributed by atoms with Crippen molar-refractivity contribution in [2.75, 3.05) is 5.73 Å². The summed E-state index contributed by atoms with van der Waals surface area (Å²) in [7, 11) is 0. The molecule has 0 heterocycles. The molecule has 0 aliphatic rings. The number of amides is 1. The molecule has 2 rings (SSSR count). The zero-order valence-electron chi connectivity index (χ0n) is 18.2. The standard InChI is InChI=1S/C23H32N2O4/c1-22(2,3)28-20(26)14-16(25-21(27)29-23(4,5)6)13-15-9-7-11-18-17(15)10-8-12-19(18)24/h7-12,16H,13-14,24H2,1-6H3,(H,25,27)/t16-/m0/s1. The minimum Gasteiger partial charge on any atom is -0.460 e. The number of carbonyl (C=O) groups is 2. The fourth-order valence-corrected chi connectivity index (χ4v) is 3.08. The van der Waals surface area contributed by atoms with E-state index in [2.05, 4.69) is 5.32 Å². The zero-order valence-corrected chi connectivity index (χ0v) is 18.2. The number of nitrogens with two attached hydrogens (primary N) is 1. The predicted octanol–water partition coefficient (Wildman–Crippen LogP) is 4.59. The first-order valence-corrected chi connectivity index (χ1v) is 9.81. The Labute approximate surface area is 172 Å². The van der Waals surface area contributed by atoms with E-state index in [1.807, 2.05) is 57.2 Å². The van der Waals surface area contributed by atoms with E-state index in [0.29, 0.717) is 12.1 Å². The summed E-state index contributed by atoms with van der Waals surface area (Å²) in [5.41, 5.74) is 6.54. The largest absolute Gasteiger partial charge is 0.460 e. The molecule has 0 saturated carbocycles. The number of esters is 1. The molecule has 0 spiro atoms. The van der Waals surface area contributed by atoms with Crippen LogP contribution in [0.3, 0.4) is 0 Å². The molecule has 3 N–H and O–H groups in total. The average molecular weight is 401 g/mol. The number of alkyl carbamates (subject to hydrolysis) is 1. The number of fused-ring (bicyclic) bond motifs is 1. The maximum Gasteiger partial charge on any atom is 0.407 e. The number of anilines is 1. The molecule has 0 aliphatic carbocycles. The number of rotatable bonds is 5. The van der Waals surface area contributed by atoms with E-state index in [4.69, 9.17) is 15.2 Å². The molecule has 29 heavy (non-hydrogen) atoms. The van der Waals surface area contributed by atoms with Crippen molar-refractivity contribution in [3.63, 3.8) is 0 Å². The van der Waals surface area contributed by atoms with Crippen molar-refractivity contribution < 1.29 is 19.1 Å². The van der Waals surface area contributed by atoms with Crippen molar-refractivity contribution in [1.82, 2.24) is 5.32 Å². The fraction of sp³-hybridized carbons (Fsp3) is 0.478. The molecule has 1 amide bonds. The van der Waals surface area contributed by atoms with E-state index in [-0.39, 0.29) is 12.4 Å². The Morgan fingerprint density at radius 2 is 1.52 bits per heavy atom. The summed E-state index contributed by atoms with van der Waals surface area (Å²) in [5, 5.41) is 4.76. The van der Waals surface area contributed by atoms with Crippen molar-refractivity contribution >= 4 is 28.5 Å². The molecule has 1 atom stereocenters. The lowest BCUT2D eigenvalue weighted by molar-refractivity contribution is -0.155. The monoisotopic (exact) mass is 400 g/mol. The van der Waals surface area contributed by atoms with Gasteiger partial charge in [0.2, 0.25) is 0 Å². The Morgan fingerprint density at radius 3 is 2.14 bits per heavy atom. The SMILES string of the molecule is CC(C)(C)OC(=O)C[C@H](Cc1cccc2c(N)cccc12)NC(=O)OC(C)(C)C. The highest BCUT2D eigenvalue weighted by molar-refractivity contribution is 5.95. The van der Waals surface area contributed by atoms with Gasteiger partial charge in [-0.15, -0.1) is 0 Å². The van der Waals surface area contributed by atoms with E-state index in [1.54, 1.807) is 20.8 Å². The predicted molar refractivity (Wildman–Crippen MR) is 116 cm³/mol. The Balaban J connectivity index is 2.26. The van der Waals surface area contributed by atoms with Crippen molar-refractivity contribution in [3.8, 4) is 0 Å². The molecule has 2 aromatic rings. The van der Waals surface area contributed by atoms with Gasteiger partial charge in [-0.3, -0.25) is 4.79 Å². The molecular weight excluding hydrogens is 368 g/mol. The highest BCUT2D eigenvalue weighted by Crippen LogP contribution is 2.25. The van der Waals surface area contributed by atoms with Crippen molar-refractivity contribution in [1.29, 1.82) is 0 Å². The van der Waals surface area contributed by atoms with Gasteiger partial charge in [0.05, 0.1) is 6.42 Å². The summed E-state index contributed by atoms with van der Waals surface area (Å²) in [6, 6.07) is 11.1. The minimum absolute atomic E-state index is 0.0369. The van der Waals surface area contributed by atoms with Crippen LogP contribution in [-0.2, 0) is 20.7 Å². The number of benzene rings is 2. The van der Waals surface area contributed by atoms with Crippen molar-refractivity contribution in [2.45, 2.75) is 71.6 Å². The van der Waals surface area contributed by atoms with Crippen LogP contribution < -0.4 is 11.1 Å². The lowest BCUT2D eigenvalue weighted by Crippen LogP contribution is -2.42. The van der Waals surface area contributed by atoms with E-state index in [0.717, 1.165) is 16.3 Å². The number of nitrogens with one attached hydrogen (secondary N) is 1. The summed E-state index contributed by atoms with van der Waals surface area (Å²) in [6.45, 7) is 10.8. The average Bonchev–Trinajstić information content (AvgIpc) is 2.52. The molecule has 6 heteroatoms. The Bertz CT molecular complexity index is 849. The molecule has 0 fully saturated rings. The van der Waals surface area contributed by atoms with Crippen molar-refractivity contribution in [3.05, 3.63) is 42.0 Å². The molecule has 6 nitrogen and oxygen atoms in total. The summed E-state index contributed by atoms with van der Waals surface area (Å²) < 4.78 is 10.8.